The van der Waals surface area contributed by atoms with Crippen LogP contribution in [0, 0.1) is 11.3 Å². The van der Waals surface area contributed by atoms with E-state index in [1.54, 1.807) is 19.2 Å². The Morgan fingerprint density at radius 1 is 1.43 bits per heavy atom. The van der Waals surface area contributed by atoms with Gasteiger partial charge in [0.25, 0.3) is 0 Å². The van der Waals surface area contributed by atoms with Crippen molar-refractivity contribution in [3.63, 3.8) is 0 Å². The molecule has 21 heavy (non-hydrogen) atoms. The Hall–Kier alpha value is -1.90. The van der Waals surface area contributed by atoms with E-state index in [0.717, 1.165) is 12.0 Å². The molecule has 1 amide bonds. The van der Waals surface area contributed by atoms with E-state index in [9.17, 15) is 4.79 Å². The number of methoxy groups -OCH3 is 1. The molecule has 0 bridgehead atoms. The van der Waals surface area contributed by atoms with Gasteiger partial charge < -0.3 is 15.8 Å². The standard InChI is InChI=1S/C16H23N3O2/c1-16(2,11-17)12-6-8-13(9-7-12)19-15(20)14(18)5-4-10-21-3/h6-9,14H,4-5,10,18H2,1-3H3,(H,19,20). The molecule has 5 heteroatoms. The average Bonchev–Trinajstić information content (AvgIpc) is 2.48. The van der Waals surface area contributed by atoms with Gasteiger partial charge in [-0.15, -0.1) is 0 Å². The van der Waals surface area contributed by atoms with Gasteiger partial charge in [0.15, 0.2) is 0 Å². The Labute approximate surface area is 126 Å². The highest BCUT2D eigenvalue weighted by molar-refractivity contribution is 5.94. The Bertz CT molecular complexity index is 503. The van der Waals surface area contributed by atoms with Gasteiger partial charge in [-0.1, -0.05) is 12.1 Å². The second-order valence-electron chi connectivity index (χ2n) is 5.54. The minimum atomic E-state index is -0.546. The molecule has 1 rings (SSSR count). The van der Waals surface area contributed by atoms with Gasteiger partial charge in [-0.2, -0.15) is 5.26 Å². The molecule has 0 saturated heterocycles. The number of benzene rings is 1. The van der Waals surface area contributed by atoms with Gasteiger partial charge in [0.05, 0.1) is 17.5 Å². The highest BCUT2D eigenvalue weighted by atomic mass is 16.5. The molecule has 0 aliphatic rings. The fourth-order valence-electron chi connectivity index (χ4n) is 1.85. The maximum Gasteiger partial charge on any atom is 0.241 e. The van der Waals surface area contributed by atoms with E-state index < -0.39 is 11.5 Å². The van der Waals surface area contributed by atoms with E-state index in [1.165, 1.54) is 0 Å². The molecule has 1 aromatic rings. The van der Waals surface area contributed by atoms with E-state index in [4.69, 9.17) is 15.7 Å². The summed E-state index contributed by atoms with van der Waals surface area (Å²) in [5, 5.41) is 11.9. The lowest BCUT2D eigenvalue weighted by Gasteiger charge is -2.17. The first-order valence-corrected chi connectivity index (χ1v) is 6.98. The molecule has 0 aromatic heterocycles. The van der Waals surface area contributed by atoms with E-state index in [-0.39, 0.29) is 5.91 Å². The monoisotopic (exact) mass is 289 g/mol. The number of anilines is 1. The highest BCUT2D eigenvalue weighted by Crippen LogP contribution is 2.23. The van der Waals surface area contributed by atoms with Crippen LogP contribution in [-0.4, -0.2) is 25.7 Å². The van der Waals surface area contributed by atoms with Crippen molar-refractivity contribution in [2.45, 2.75) is 38.1 Å². The van der Waals surface area contributed by atoms with Crippen LogP contribution < -0.4 is 11.1 Å². The summed E-state index contributed by atoms with van der Waals surface area (Å²) in [5.74, 6) is -0.210. The molecule has 0 aliphatic heterocycles. The van der Waals surface area contributed by atoms with E-state index in [0.29, 0.717) is 18.7 Å². The number of amides is 1. The number of carbonyl (C=O) groups is 1. The van der Waals surface area contributed by atoms with Gasteiger partial charge in [-0.05, 0) is 44.4 Å². The van der Waals surface area contributed by atoms with Crippen LogP contribution in [0.25, 0.3) is 0 Å². The van der Waals surface area contributed by atoms with Gasteiger partial charge in [0.1, 0.15) is 0 Å². The summed E-state index contributed by atoms with van der Waals surface area (Å²) >= 11 is 0. The largest absolute Gasteiger partial charge is 0.385 e. The Kier molecular flexibility index (Phi) is 6.35. The van der Waals surface area contributed by atoms with E-state index in [2.05, 4.69) is 11.4 Å². The van der Waals surface area contributed by atoms with Crippen molar-refractivity contribution < 1.29 is 9.53 Å². The van der Waals surface area contributed by atoms with Crippen molar-refractivity contribution in [1.82, 2.24) is 0 Å². The maximum absolute atomic E-state index is 11.9. The summed E-state index contributed by atoms with van der Waals surface area (Å²) in [4.78, 5) is 11.9. The minimum absolute atomic E-state index is 0.210. The lowest BCUT2D eigenvalue weighted by molar-refractivity contribution is -0.117. The molecule has 114 valence electrons. The number of nitrogens with two attached hydrogens (primary N) is 1. The lowest BCUT2D eigenvalue weighted by Crippen LogP contribution is -2.35. The molecule has 1 atom stereocenters. The number of nitrogens with one attached hydrogen (secondary N) is 1. The lowest BCUT2D eigenvalue weighted by atomic mass is 9.86. The van der Waals surface area contributed by atoms with Crippen LogP contribution in [0.2, 0.25) is 0 Å². The van der Waals surface area contributed by atoms with Crippen LogP contribution in [0.5, 0.6) is 0 Å². The first kappa shape index (κ1) is 17.2. The number of rotatable bonds is 7. The second-order valence-corrected chi connectivity index (χ2v) is 5.54. The predicted octanol–water partition coefficient (Wildman–Crippen LogP) is 2.18. The average molecular weight is 289 g/mol. The van der Waals surface area contributed by atoms with Crippen molar-refractivity contribution >= 4 is 11.6 Å². The third-order valence-electron chi connectivity index (χ3n) is 3.35. The molecule has 0 saturated carbocycles. The van der Waals surface area contributed by atoms with Crippen LogP contribution in [0.4, 0.5) is 5.69 Å². The zero-order valence-electron chi connectivity index (χ0n) is 12.8. The highest BCUT2D eigenvalue weighted by Gasteiger charge is 2.19. The van der Waals surface area contributed by atoms with Crippen LogP contribution in [0.1, 0.15) is 32.3 Å². The summed E-state index contributed by atoms with van der Waals surface area (Å²) in [6.45, 7) is 4.30. The maximum atomic E-state index is 11.9. The number of ether oxygens (including phenoxy) is 1. The van der Waals surface area contributed by atoms with Gasteiger partial charge in [-0.25, -0.2) is 0 Å². The van der Waals surface area contributed by atoms with Gasteiger partial charge >= 0.3 is 0 Å². The Morgan fingerprint density at radius 2 is 2.05 bits per heavy atom. The molecule has 3 N–H and O–H groups in total. The first-order chi connectivity index (χ1) is 9.90. The van der Waals surface area contributed by atoms with Crippen LogP contribution in [-0.2, 0) is 14.9 Å². The number of nitrogens with zero attached hydrogens (tertiary/aromatic N) is 1. The van der Waals surface area contributed by atoms with Crippen LogP contribution in [0.15, 0.2) is 24.3 Å². The van der Waals surface area contributed by atoms with Crippen molar-refractivity contribution in [3.05, 3.63) is 29.8 Å². The molecule has 1 aromatic carbocycles. The Morgan fingerprint density at radius 3 is 2.57 bits per heavy atom. The van der Waals surface area contributed by atoms with Gasteiger partial charge in [0.2, 0.25) is 5.91 Å². The van der Waals surface area contributed by atoms with Crippen molar-refractivity contribution in [3.8, 4) is 6.07 Å². The van der Waals surface area contributed by atoms with Gasteiger partial charge in [0, 0.05) is 19.4 Å². The molecular weight excluding hydrogens is 266 g/mol. The third-order valence-corrected chi connectivity index (χ3v) is 3.35. The first-order valence-electron chi connectivity index (χ1n) is 6.98. The zero-order valence-corrected chi connectivity index (χ0v) is 12.8. The molecule has 0 fully saturated rings. The van der Waals surface area contributed by atoms with Crippen molar-refractivity contribution in [2.75, 3.05) is 19.0 Å². The number of nitriles is 1. The predicted molar refractivity (Wildman–Crippen MR) is 82.8 cm³/mol. The summed E-state index contributed by atoms with van der Waals surface area (Å²) < 4.78 is 4.93. The number of hydrogen-bond acceptors (Lipinski definition) is 4. The summed E-state index contributed by atoms with van der Waals surface area (Å²) in [7, 11) is 1.62. The molecule has 1 unspecified atom stereocenters. The topological polar surface area (TPSA) is 88.1 Å². The number of carbonyl (C=O) groups excluding carboxylic acids is 1. The normalized spacial score (nSPS) is 12.5. The third kappa shape index (κ3) is 5.18. The summed E-state index contributed by atoms with van der Waals surface area (Å²) in [6, 6.07) is 8.96. The molecule has 5 nitrogen and oxygen atoms in total. The van der Waals surface area contributed by atoms with Crippen LogP contribution >= 0.6 is 0 Å². The smallest absolute Gasteiger partial charge is 0.241 e. The van der Waals surface area contributed by atoms with E-state index >= 15 is 0 Å². The number of hydrogen-bond donors (Lipinski definition) is 2. The zero-order chi connectivity index (χ0) is 15.9. The van der Waals surface area contributed by atoms with Crippen molar-refractivity contribution in [2.24, 2.45) is 5.73 Å². The van der Waals surface area contributed by atoms with Crippen LogP contribution in [0.3, 0.4) is 0 Å². The molecule has 0 heterocycles. The SMILES string of the molecule is COCCCC(N)C(=O)Nc1ccc(C(C)(C)C#N)cc1. The molecule has 0 spiro atoms. The molecule has 0 radical (unpaired) electrons. The summed E-state index contributed by atoms with van der Waals surface area (Å²) in [6.07, 6.45) is 1.33. The van der Waals surface area contributed by atoms with Crippen molar-refractivity contribution in [1.29, 1.82) is 5.26 Å². The Balaban J connectivity index is 2.60. The minimum Gasteiger partial charge on any atom is -0.385 e. The molecule has 0 aliphatic carbocycles. The summed E-state index contributed by atoms with van der Waals surface area (Å²) in [5.41, 5.74) is 6.86. The molecular formula is C16H23N3O2. The fourth-order valence-corrected chi connectivity index (χ4v) is 1.85. The van der Waals surface area contributed by atoms with Gasteiger partial charge in [-0.3, -0.25) is 4.79 Å². The van der Waals surface area contributed by atoms with E-state index in [1.807, 2.05) is 26.0 Å². The quantitative estimate of drug-likeness (QED) is 0.753. The second kappa shape index (κ2) is 7.77. The fraction of sp³-hybridized carbons (Fsp3) is 0.500.